The van der Waals surface area contributed by atoms with E-state index in [1.165, 1.54) is 6.42 Å². The van der Waals surface area contributed by atoms with Gasteiger partial charge in [-0.15, -0.1) is 0 Å². The van der Waals surface area contributed by atoms with Crippen LogP contribution >= 0.6 is 0 Å². The number of hydrogen-bond donors (Lipinski definition) is 2. The van der Waals surface area contributed by atoms with Gasteiger partial charge in [0.1, 0.15) is 5.82 Å². The van der Waals surface area contributed by atoms with E-state index in [0.29, 0.717) is 5.56 Å². The van der Waals surface area contributed by atoms with Crippen LogP contribution in [-0.4, -0.2) is 23.5 Å². The van der Waals surface area contributed by atoms with Gasteiger partial charge >= 0.3 is 0 Å². The molecular formula is C12H17N3O. The fourth-order valence-corrected chi connectivity index (χ4v) is 1.85. The second kappa shape index (κ2) is 4.12. The van der Waals surface area contributed by atoms with Gasteiger partial charge in [0.2, 0.25) is 0 Å². The molecule has 16 heavy (non-hydrogen) atoms. The van der Waals surface area contributed by atoms with Crippen LogP contribution in [0.2, 0.25) is 0 Å². The Labute approximate surface area is 95.5 Å². The summed E-state index contributed by atoms with van der Waals surface area (Å²) in [6.45, 7) is 2.09. The van der Waals surface area contributed by atoms with Gasteiger partial charge in [0.25, 0.3) is 5.91 Å². The summed E-state index contributed by atoms with van der Waals surface area (Å²) in [5, 5.41) is 5.97. The maximum absolute atomic E-state index is 11.9. The standard InChI is InChI=1S/C12H17N3O/c1-12(6-3-7-12)15-11(16)9-4-5-10(13-2)14-8-9/h4-5,8H,3,6-7H2,1-2H3,(H,13,14)(H,15,16). The highest BCUT2D eigenvalue weighted by Gasteiger charge is 2.33. The van der Waals surface area contributed by atoms with Gasteiger partial charge in [-0.2, -0.15) is 0 Å². The SMILES string of the molecule is CNc1ccc(C(=O)NC2(C)CCC2)cn1. The van der Waals surface area contributed by atoms with Gasteiger partial charge in [-0.1, -0.05) is 0 Å². The molecule has 1 saturated carbocycles. The maximum atomic E-state index is 11.9. The molecule has 0 bridgehead atoms. The molecule has 4 heteroatoms. The van der Waals surface area contributed by atoms with Crippen molar-refractivity contribution in [2.24, 2.45) is 0 Å². The van der Waals surface area contributed by atoms with Crippen molar-refractivity contribution in [3.05, 3.63) is 23.9 Å². The molecule has 4 nitrogen and oxygen atoms in total. The van der Waals surface area contributed by atoms with E-state index in [1.54, 1.807) is 25.4 Å². The van der Waals surface area contributed by atoms with E-state index in [2.05, 4.69) is 22.5 Å². The van der Waals surface area contributed by atoms with Crippen LogP contribution in [0.1, 0.15) is 36.5 Å². The van der Waals surface area contributed by atoms with Gasteiger partial charge in [-0.25, -0.2) is 4.98 Å². The number of aromatic nitrogens is 1. The summed E-state index contributed by atoms with van der Waals surface area (Å²) in [5.41, 5.74) is 0.616. The average molecular weight is 219 g/mol. The monoisotopic (exact) mass is 219 g/mol. The summed E-state index contributed by atoms with van der Waals surface area (Å²) in [6, 6.07) is 3.59. The van der Waals surface area contributed by atoms with E-state index < -0.39 is 0 Å². The highest BCUT2D eigenvalue weighted by molar-refractivity contribution is 5.94. The average Bonchev–Trinajstić information content (AvgIpc) is 2.27. The lowest BCUT2D eigenvalue weighted by Crippen LogP contribution is -2.50. The van der Waals surface area contributed by atoms with Crippen LogP contribution in [0, 0.1) is 0 Å². The molecule has 1 heterocycles. The number of nitrogens with zero attached hydrogens (tertiary/aromatic N) is 1. The van der Waals surface area contributed by atoms with Crippen LogP contribution in [0.4, 0.5) is 5.82 Å². The largest absolute Gasteiger partial charge is 0.373 e. The van der Waals surface area contributed by atoms with Crippen LogP contribution in [0.15, 0.2) is 18.3 Å². The van der Waals surface area contributed by atoms with Gasteiger partial charge in [0, 0.05) is 18.8 Å². The van der Waals surface area contributed by atoms with Crippen LogP contribution in [0.3, 0.4) is 0 Å². The van der Waals surface area contributed by atoms with Crippen LogP contribution in [0.5, 0.6) is 0 Å². The Bertz CT molecular complexity index is 382. The Morgan fingerprint density at radius 3 is 2.62 bits per heavy atom. The summed E-state index contributed by atoms with van der Waals surface area (Å²) >= 11 is 0. The molecular weight excluding hydrogens is 202 g/mol. The lowest BCUT2D eigenvalue weighted by Gasteiger charge is -2.39. The van der Waals surface area contributed by atoms with Crippen LogP contribution < -0.4 is 10.6 Å². The number of amides is 1. The molecule has 0 spiro atoms. The van der Waals surface area contributed by atoms with E-state index in [0.717, 1.165) is 18.7 Å². The summed E-state index contributed by atoms with van der Waals surface area (Å²) in [7, 11) is 1.80. The Balaban J connectivity index is 2.03. The number of carbonyl (C=O) groups excluding carboxylic acids is 1. The summed E-state index contributed by atoms with van der Waals surface area (Å²) in [4.78, 5) is 16.0. The fraction of sp³-hybridized carbons (Fsp3) is 0.500. The number of anilines is 1. The molecule has 1 fully saturated rings. The lowest BCUT2D eigenvalue weighted by molar-refractivity contribution is 0.0850. The topological polar surface area (TPSA) is 54.0 Å². The Hall–Kier alpha value is -1.58. The van der Waals surface area contributed by atoms with Crippen molar-refractivity contribution in [2.75, 3.05) is 12.4 Å². The smallest absolute Gasteiger partial charge is 0.253 e. The third kappa shape index (κ3) is 2.15. The van der Waals surface area contributed by atoms with Crippen LogP contribution in [0.25, 0.3) is 0 Å². The van der Waals surface area contributed by atoms with E-state index >= 15 is 0 Å². The maximum Gasteiger partial charge on any atom is 0.253 e. The molecule has 1 aromatic rings. The normalized spacial score (nSPS) is 17.4. The molecule has 0 atom stereocenters. The summed E-state index contributed by atoms with van der Waals surface area (Å²) < 4.78 is 0. The van der Waals surface area contributed by atoms with Crippen molar-refractivity contribution in [1.82, 2.24) is 10.3 Å². The molecule has 0 aromatic carbocycles. The summed E-state index contributed by atoms with van der Waals surface area (Å²) in [6.07, 6.45) is 4.94. The first kappa shape index (κ1) is 10.9. The van der Waals surface area contributed by atoms with Crippen molar-refractivity contribution < 1.29 is 4.79 Å². The van der Waals surface area contributed by atoms with Gasteiger partial charge in [-0.05, 0) is 38.3 Å². The molecule has 0 radical (unpaired) electrons. The second-order valence-corrected chi connectivity index (χ2v) is 4.55. The fourth-order valence-electron chi connectivity index (χ4n) is 1.85. The van der Waals surface area contributed by atoms with E-state index in [9.17, 15) is 4.79 Å². The molecule has 0 unspecified atom stereocenters. The minimum Gasteiger partial charge on any atom is -0.373 e. The molecule has 1 aliphatic carbocycles. The van der Waals surface area contributed by atoms with E-state index in [4.69, 9.17) is 0 Å². The quantitative estimate of drug-likeness (QED) is 0.815. The van der Waals surface area contributed by atoms with Crippen molar-refractivity contribution in [3.8, 4) is 0 Å². The first-order valence-electron chi connectivity index (χ1n) is 5.59. The van der Waals surface area contributed by atoms with Crippen molar-refractivity contribution in [2.45, 2.75) is 31.7 Å². The van der Waals surface area contributed by atoms with Crippen molar-refractivity contribution in [1.29, 1.82) is 0 Å². The molecule has 2 N–H and O–H groups in total. The van der Waals surface area contributed by atoms with Crippen molar-refractivity contribution in [3.63, 3.8) is 0 Å². The predicted molar refractivity (Wildman–Crippen MR) is 63.5 cm³/mol. The molecule has 0 aliphatic heterocycles. The molecule has 1 amide bonds. The van der Waals surface area contributed by atoms with Gasteiger partial charge in [0.05, 0.1) is 5.56 Å². The Kier molecular flexibility index (Phi) is 2.81. The lowest BCUT2D eigenvalue weighted by atomic mass is 9.78. The number of rotatable bonds is 3. The molecule has 1 aliphatic rings. The Morgan fingerprint density at radius 2 is 2.19 bits per heavy atom. The van der Waals surface area contributed by atoms with Gasteiger partial charge in [-0.3, -0.25) is 4.79 Å². The number of carbonyl (C=O) groups is 1. The zero-order chi connectivity index (χ0) is 11.6. The van der Waals surface area contributed by atoms with Gasteiger partial charge < -0.3 is 10.6 Å². The zero-order valence-electron chi connectivity index (χ0n) is 9.71. The highest BCUT2D eigenvalue weighted by atomic mass is 16.1. The molecule has 86 valence electrons. The van der Waals surface area contributed by atoms with Crippen LogP contribution in [-0.2, 0) is 0 Å². The second-order valence-electron chi connectivity index (χ2n) is 4.55. The van der Waals surface area contributed by atoms with E-state index in [1.807, 2.05) is 0 Å². The van der Waals surface area contributed by atoms with Gasteiger partial charge in [0.15, 0.2) is 0 Å². The third-order valence-corrected chi connectivity index (χ3v) is 3.15. The van der Waals surface area contributed by atoms with Crippen molar-refractivity contribution >= 4 is 11.7 Å². The molecule has 2 rings (SSSR count). The predicted octanol–water partition coefficient (Wildman–Crippen LogP) is 1.80. The minimum absolute atomic E-state index is 0.00123. The molecule has 1 aromatic heterocycles. The summed E-state index contributed by atoms with van der Waals surface area (Å²) in [5.74, 6) is 0.740. The number of pyridine rings is 1. The number of hydrogen-bond acceptors (Lipinski definition) is 3. The highest BCUT2D eigenvalue weighted by Crippen LogP contribution is 2.31. The number of nitrogens with one attached hydrogen (secondary N) is 2. The Morgan fingerprint density at radius 1 is 1.44 bits per heavy atom. The minimum atomic E-state index is -0.0302. The van der Waals surface area contributed by atoms with E-state index in [-0.39, 0.29) is 11.4 Å². The third-order valence-electron chi connectivity index (χ3n) is 3.15. The molecule has 0 saturated heterocycles. The first-order chi connectivity index (χ1) is 7.63. The zero-order valence-corrected chi connectivity index (χ0v) is 9.71. The first-order valence-corrected chi connectivity index (χ1v) is 5.59.